The maximum atomic E-state index is 15.1. The summed E-state index contributed by atoms with van der Waals surface area (Å²) in [5.41, 5.74) is -0.213. The highest BCUT2D eigenvalue weighted by molar-refractivity contribution is 5.98. The van der Waals surface area contributed by atoms with Gasteiger partial charge in [-0.15, -0.1) is 0 Å². The summed E-state index contributed by atoms with van der Waals surface area (Å²) in [6.45, 7) is 7.57. The first-order chi connectivity index (χ1) is 20.9. The Kier molecular flexibility index (Phi) is 9.05. The second-order valence-corrected chi connectivity index (χ2v) is 13.4. The van der Waals surface area contributed by atoms with E-state index in [-0.39, 0.29) is 53.5 Å². The van der Waals surface area contributed by atoms with Crippen molar-refractivity contribution < 1.29 is 37.7 Å². The first kappa shape index (κ1) is 31.5. The summed E-state index contributed by atoms with van der Waals surface area (Å²) < 4.78 is 37.8. The molecular weight excluding hydrogens is 565 g/mol. The number of benzene rings is 2. The van der Waals surface area contributed by atoms with Gasteiger partial charge in [0.2, 0.25) is 0 Å². The first-order valence-corrected chi connectivity index (χ1v) is 15.3. The highest BCUT2D eigenvalue weighted by atomic mass is 19.1. The Morgan fingerprint density at radius 2 is 1.68 bits per heavy atom. The van der Waals surface area contributed by atoms with Crippen LogP contribution in [-0.2, 0) is 25.7 Å². The molecule has 1 amide bonds. The van der Waals surface area contributed by atoms with Crippen molar-refractivity contribution >= 4 is 17.8 Å². The largest absolute Gasteiger partial charge is 0.496 e. The monoisotopic (exact) mass is 607 g/mol. The van der Waals surface area contributed by atoms with E-state index in [1.165, 1.54) is 13.2 Å². The number of fused-ring (bicyclic) bond motifs is 2. The summed E-state index contributed by atoms with van der Waals surface area (Å²) >= 11 is 0. The van der Waals surface area contributed by atoms with Crippen LogP contribution in [0.5, 0.6) is 11.5 Å². The Hall–Kier alpha value is -3.88. The molecule has 0 radical (unpaired) electrons. The highest BCUT2D eigenvalue weighted by Crippen LogP contribution is 2.45. The summed E-state index contributed by atoms with van der Waals surface area (Å²) in [5.74, 6) is -2.30. The SMILES string of the molecule is COc1cc(F)c(O[C@H]2CC[C@@](C)(C(=O)OC(C)(C)C)CC2)cc1C(=O)N[C@H]1[C@@H](C(=O)OCc2ccccc2)[C@@H]2C=C[C@H]1C2. The van der Waals surface area contributed by atoms with Gasteiger partial charge in [-0.1, -0.05) is 42.5 Å². The summed E-state index contributed by atoms with van der Waals surface area (Å²) in [6, 6.07) is 11.5. The first-order valence-electron chi connectivity index (χ1n) is 15.3. The zero-order chi connectivity index (χ0) is 31.6. The number of halogens is 1. The molecular formula is C35H42FNO7. The third-order valence-corrected chi connectivity index (χ3v) is 8.97. The molecule has 2 saturated carbocycles. The molecule has 2 bridgehead atoms. The minimum Gasteiger partial charge on any atom is -0.496 e. The molecule has 1 N–H and O–H groups in total. The molecule has 0 spiro atoms. The van der Waals surface area contributed by atoms with Gasteiger partial charge in [0.25, 0.3) is 5.91 Å². The molecule has 236 valence electrons. The van der Waals surface area contributed by atoms with Crippen LogP contribution >= 0.6 is 0 Å². The summed E-state index contributed by atoms with van der Waals surface area (Å²) in [4.78, 5) is 39.6. The maximum absolute atomic E-state index is 15.1. The molecule has 0 aromatic heterocycles. The molecule has 8 nitrogen and oxygen atoms in total. The number of esters is 2. The van der Waals surface area contributed by atoms with Crippen LogP contribution in [0.25, 0.3) is 0 Å². The number of rotatable bonds is 9. The van der Waals surface area contributed by atoms with Crippen LogP contribution < -0.4 is 14.8 Å². The molecule has 2 fully saturated rings. The summed E-state index contributed by atoms with van der Waals surface area (Å²) in [7, 11) is 1.37. The van der Waals surface area contributed by atoms with Crippen LogP contribution in [-0.4, -0.2) is 42.7 Å². The van der Waals surface area contributed by atoms with Crippen molar-refractivity contribution in [3.8, 4) is 11.5 Å². The van der Waals surface area contributed by atoms with Gasteiger partial charge in [-0.25, -0.2) is 4.39 Å². The van der Waals surface area contributed by atoms with Gasteiger partial charge in [0.1, 0.15) is 18.0 Å². The third kappa shape index (κ3) is 6.92. The Bertz CT molecular complexity index is 1410. The number of carbonyl (C=O) groups excluding carboxylic acids is 3. The summed E-state index contributed by atoms with van der Waals surface area (Å²) in [5, 5.41) is 3.02. The van der Waals surface area contributed by atoms with Gasteiger partial charge in [0, 0.05) is 12.1 Å². The van der Waals surface area contributed by atoms with E-state index in [9.17, 15) is 14.4 Å². The average molecular weight is 608 g/mol. The van der Waals surface area contributed by atoms with Crippen molar-refractivity contribution in [1.29, 1.82) is 0 Å². The maximum Gasteiger partial charge on any atom is 0.312 e. The fourth-order valence-electron chi connectivity index (χ4n) is 6.50. The van der Waals surface area contributed by atoms with E-state index < -0.39 is 34.7 Å². The molecule has 0 heterocycles. The normalized spacial score (nSPS) is 27.5. The van der Waals surface area contributed by atoms with Gasteiger partial charge in [0.15, 0.2) is 11.6 Å². The van der Waals surface area contributed by atoms with E-state index in [1.54, 1.807) is 0 Å². The molecule has 2 aromatic carbocycles. The van der Waals surface area contributed by atoms with Gasteiger partial charge in [0.05, 0.1) is 30.1 Å². The van der Waals surface area contributed by atoms with E-state index in [2.05, 4.69) is 5.32 Å². The Balaban J connectivity index is 1.26. The number of methoxy groups -OCH3 is 1. The topological polar surface area (TPSA) is 100 Å². The van der Waals surface area contributed by atoms with E-state index in [0.717, 1.165) is 18.1 Å². The van der Waals surface area contributed by atoms with Crippen LogP contribution in [0.1, 0.15) is 75.7 Å². The quantitative estimate of drug-likeness (QED) is 0.269. The van der Waals surface area contributed by atoms with Crippen LogP contribution in [0, 0.1) is 29.0 Å². The Morgan fingerprint density at radius 1 is 1.00 bits per heavy atom. The second-order valence-electron chi connectivity index (χ2n) is 13.4. The van der Waals surface area contributed by atoms with Gasteiger partial charge in [-0.2, -0.15) is 0 Å². The zero-order valence-corrected chi connectivity index (χ0v) is 26.1. The van der Waals surface area contributed by atoms with Crippen molar-refractivity contribution in [2.45, 2.75) is 84.2 Å². The smallest absolute Gasteiger partial charge is 0.312 e. The lowest BCUT2D eigenvalue weighted by molar-refractivity contribution is -0.169. The van der Waals surface area contributed by atoms with E-state index in [1.807, 2.05) is 70.2 Å². The minimum atomic E-state index is -0.649. The van der Waals surface area contributed by atoms with Crippen LogP contribution in [0.3, 0.4) is 0 Å². The van der Waals surface area contributed by atoms with Crippen molar-refractivity contribution in [3.05, 3.63) is 71.6 Å². The number of amides is 1. The van der Waals surface area contributed by atoms with Gasteiger partial charge in [-0.05, 0) is 83.3 Å². The molecule has 0 unspecified atom stereocenters. The van der Waals surface area contributed by atoms with Gasteiger partial charge < -0.3 is 24.3 Å². The Labute approximate surface area is 258 Å². The standard InChI is InChI=1S/C35H42FNO7/c1-34(2,3)44-33(40)35(4)15-13-24(14-16-35)43-28-18-25(27(41-5)19-26(28)36)31(38)37-30-23-12-11-22(17-23)29(30)32(39)42-20-21-9-7-6-8-10-21/h6-12,18-19,22-24,29-30H,13-17,20H2,1-5H3,(H,37,38)/t22-,23+,24-,29+,30-,35+/m1/s1. The molecule has 0 aliphatic heterocycles. The third-order valence-electron chi connectivity index (χ3n) is 8.97. The molecule has 4 atom stereocenters. The summed E-state index contributed by atoms with van der Waals surface area (Å²) in [6.07, 6.45) is 6.61. The molecule has 9 heteroatoms. The lowest BCUT2D eigenvalue weighted by Crippen LogP contribution is -2.46. The van der Waals surface area contributed by atoms with E-state index in [4.69, 9.17) is 18.9 Å². The van der Waals surface area contributed by atoms with Crippen LogP contribution in [0.15, 0.2) is 54.6 Å². The van der Waals surface area contributed by atoms with Crippen molar-refractivity contribution in [2.24, 2.45) is 23.2 Å². The number of hydrogen-bond acceptors (Lipinski definition) is 7. The van der Waals surface area contributed by atoms with E-state index >= 15 is 4.39 Å². The number of hydrogen-bond donors (Lipinski definition) is 1. The molecule has 0 saturated heterocycles. The predicted octanol–water partition coefficient (Wildman–Crippen LogP) is 6.17. The average Bonchev–Trinajstić information content (AvgIpc) is 3.59. The van der Waals surface area contributed by atoms with Gasteiger partial charge >= 0.3 is 11.9 Å². The molecule has 3 aliphatic carbocycles. The molecule has 44 heavy (non-hydrogen) atoms. The van der Waals surface area contributed by atoms with Crippen molar-refractivity contribution in [1.82, 2.24) is 5.32 Å². The number of ether oxygens (including phenoxy) is 4. The predicted molar refractivity (Wildman–Crippen MR) is 162 cm³/mol. The second kappa shape index (κ2) is 12.6. The van der Waals surface area contributed by atoms with Crippen molar-refractivity contribution in [3.63, 3.8) is 0 Å². The molecule has 3 aliphatic rings. The minimum absolute atomic E-state index is 0.0121. The fourth-order valence-corrected chi connectivity index (χ4v) is 6.50. The zero-order valence-electron chi connectivity index (χ0n) is 26.1. The lowest BCUT2D eigenvalue weighted by atomic mass is 9.74. The molecule has 5 rings (SSSR count). The van der Waals surface area contributed by atoms with E-state index in [0.29, 0.717) is 25.7 Å². The number of nitrogens with one attached hydrogen (secondary N) is 1. The highest BCUT2D eigenvalue weighted by Gasteiger charge is 2.50. The molecule has 2 aromatic rings. The van der Waals surface area contributed by atoms with Crippen LogP contribution in [0.2, 0.25) is 0 Å². The number of carbonyl (C=O) groups is 3. The fraction of sp³-hybridized carbons (Fsp3) is 0.514. The van der Waals surface area contributed by atoms with Gasteiger partial charge in [-0.3, -0.25) is 14.4 Å². The van der Waals surface area contributed by atoms with Crippen molar-refractivity contribution in [2.75, 3.05) is 7.11 Å². The lowest BCUT2D eigenvalue weighted by Gasteiger charge is -2.37. The Morgan fingerprint density at radius 3 is 2.34 bits per heavy atom. The number of allylic oxidation sites excluding steroid dienone is 1. The van der Waals surface area contributed by atoms with Crippen LogP contribution in [0.4, 0.5) is 4.39 Å².